The summed E-state index contributed by atoms with van der Waals surface area (Å²) in [5.74, 6) is 0. The topological polar surface area (TPSA) is 8.17 Å². The fourth-order valence-electron chi connectivity index (χ4n) is 10.7. The molecule has 0 radical (unpaired) electrons. The van der Waals surface area contributed by atoms with Crippen LogP contribution in [-0.2, 0) is 5.41 Å². The van der Waals surface area contributed by atoms with Gasteiger partial charge in [-0.1, -0.05) is 182 Å². The van der Waals surface area contributed by atoms with E-state index in [4.69, 9.17) is 0 Å². The smallest absolute Gasteiger partial charge is 0.0713 e. The van der Waals surface area contributed by atoms with Gasteiger partial charge in [0.1, 0.15) is 0 Å². The molecule has 0 aliphatic heterocycles. The lowest BCUT2D eigenvalue weighted by atomic mass is 9.67. The molecule has 1 unspecified atom stereocenters. The monoisotopic (exact) mass is 778 g/mol. The molecule has 61 heavy (non-hydrogen) atoms. The van der Waals surface area contributed by atoms with Gasteiger partial charge in [-0.05, 0) is 117 Å². The number of hydrogen-bond acceptors (Lipinski definition) is 1. The maximum absolute atomic E-state index is 2.57. The van der Waals surface area contributed by atoms with E-state index in [1.165, 1.54) is 88.8 Å². The molecular weight excluding hydrogens is 737 g/mol. The lowest BCUT2D eigenvalue weighted by Gasteiger charge is -2.37. The fourth-order valence-corrected chi connectivity index (χ4v) is 10.7. The summed E-state index contributed by atoms with van der Waals surface area (Å²) < 4.78 is 2.45. The SMILES string of the molecule is C1=C(c2ccccc2)c2ccccc2C(N(c2ccccc2)c2ccc3c(c2)c2cc(C4(c5ccccc5)c5ccccc5-c5ccccc54)ccc2n3-c2ccccc2)C1. The highest BCUT2D eigenvalue weighted by atomic mass is 15.2. The summed E-state index contributed by atoms with van der Waals surface area (Å²) in [4.78, 5) is 2.57. The van der Waals surface area contributed by atoms with E-state index in [9.17, 15) is 0 Å². The highest BCUT2D eigenvalue weighted by molar-refractivity contribution is 6.11. The largest absolute Gasteiger partial charge is 0.334 e. The molecule has 0 saturated carbocycles. The van der Waals surface area contributed by atoms with Crippen molar-refractivity contribution in [3.8, 4) is 16.8 Å². The van der Waals surface area contributed by atoms with Gasteiger partial charge in [0.05, 0.1) is 22.5 Å². The average Bonchev–Trinajstić information content (AvgIpc) is 3.83. The van der Waals surface area contributed by atoms with Crippen LogP contribution in [0.4, 0.5) is 11.4 Å². The van der Waals surface area contributed by atoms with Crippen molar-refractivity contribution in [1.29, 1.82) is 0 Å². The zero-order valence-electron chi connectivity index (χ0n) is 33.7. The van der Waals surface area contributed by atoms with Gasteiger partial charge in [0.2, 0.25) is 0 Å². The second-order valence-electron chi connectivity index (χ2n) is 16.3. The molecule has 0 N–H and O–H groups in total. The lowest BCUT2D eigenvalue weighted by molar-refractivity contribution is 0.700. The van der Waals surface area contributed by atoms with Crippen molar-refractivity contribution in [2.24, 2.45) is 0 Å². The molecule has 0 saturated heterocycles. The van der Waals surface area contributed by atoms with Crippen LogP contribution in [0.5, 0.6) is 0 Å². The lowest BCUT2D eigenvalue weighted by Crippen LogP contribution is -2.28. The molecule has 2 heteroatoms. The molecular formula is C59H42N2. The maximum atomic E-state index is 2.57. The Kier molecular flexibility index (Phi) is 8.24. The highest BCUT2D eigenvalue weighted by Crippen LogP contribution is 2.57. The van der Waals surface area contributed by atoms with Crippen LogP contribution in [-0.4, -0.2) is 4.57 Å². The molecule has 2 nitrogen and oxygen atoms in total. The minimum atomic E-state index is -0.494. The summed E-state index contributed by atoms with van der Waals surface area (Å²) in [7, 11) is 0. The molecule has 1 aromatic heterocycles. The Labute approximate surface area is 356 Å². The van der Waals surface area contributed by atoms with Gasteiger partial charge in [-0.2, -0.15) is 0 Å². The predicted octanol–water partition coefficient (Wildman–Crippen LogP) is 14.9. The van der Waals surface area contributed by atoms with Crippen molar-refractivity contribution < 1.29 is 0 Å². The third-order valence-corrected chi connectivity index (χ3v) is 13.2. The fraction of sp³-hybridized carbons (Fsp3) is 0.0508. The number of benzene rings is 9. The molecule has 12 rings (SSSR count). The Hall–Kier alpha value is -7.68. The van der Waals surface area contributed by atoms with Gasteiger partial charge in [0, 0.05) is 27.8 Å². The Morgan fingerprint density at radius 1 is 0.426 bits per heavy atom. The number of rotatable bonds is 7. The minimum Gasteiger partial charge on any atom is -0.334 e. The Balaban J connectivity index is 1.11. The first-order valence-corrected chi connectivity index (χ1v) is 21.4. The van der Waals surface area contributed by atoms with Crippen molar-refractivity contribution in [1.82, 2.24) is 4.57 Å². The summed E-state index contributed by atoms with van der Waals surface area (Å²) in [6, 6.07) is 85.3. The van der Waals surface area contributed by atoms with Gasteiger partial charge in [0.15, 0.2) is 0 Å². The van der Waals surface area contributed by atoms with Crippen LogP contribution >= 0.6 is 0 Å². The summed E-state index contributed by atoms with van der Waals surface area (Å²) in [5.41, 5.74) is 18.3. The van der Waals surface area contributed by atoms with E-state index in [-0.39, 0.29) is 6.04 Å². The number of aromatic nitrogens is 1. The zero-order valence-corrected chi connectivity index (χ0v) is 33.7. The second-order valence-corrected chi connectivity index (χ2v) is 16.3. The molecule has 1 atom stereocenters. The van der Waals surface area contributed by atoms with Gasteiger partial charge in [-0.15, -0.1) is 0 Å². The van der Waals surface area contributed by atoms with Crippen molar-refractivity contribution in [2.45, 2.75) is 17.9 Å². The first kappa shape index (κ1) is 35.3. The molecule has 2 aliphatic rings. The van der Waals surface area contributed by atoms with E-state index in [1.807, 2.05) is 0 Å². The molecule has 9 aromatic carbocycles. The molecule has 0 amide bonds. The van der Waals surface area contributed by atoms with E-state index in [2.05, 4.69) is 246 Å². The van der Waals surface area contributed by atoms with Crippen LogP contribution < -0.4 is 4.90 Å². The van der Waals surface area contributed by atoms with Crippen molar-refractivity contribution >= 4 is 38.8 Å². The molecule has 0 spiro atoms. The Bertz CT molecular complexity index is 3230. The van der Waals surface area contributed by atoms with E-state index >= 15 is 0 Å². The molecule has 1 heterocycles. The normalized spacial score (nSPS) is 14.9. The van der Waals surface area contributed by atoms with Crippen molar-refractivity contribution in [3.05, 3.63) is 276 Å². The third-order valence-electron chi connectivity index (χ3n) is 13.2. The highest BCUT2D eigenvalue weighted by Gasteiger charge is 2.46. The first-order valence-electron chi connectivity index (χ1n) is 21.4. The van der Waals surface area contributed by atoms with Crippen molar-refractivity contribution in [2.75, 3.05) is 4.90 Å². The number of nitrogens with zero attached hydrogens (tertiary/aromatic N) is 2. The van der Waals surface area contributed by atoms with Crippen LogP contribution in [0, 0.1) is 0 Å². The van der Waals surface area contributed by atoms with Crippen LogP contribution in [0.3, 0.4) is 0 Å². The molecule has 2 aliphatic carbocycles. The maximum Gasteiger partial charge on any atom is 0.0713 e. The van der Waals surface area contributed by atoms with E-state index in [0.29, 0.717) is 0 Å². The summed E-state index contributed by atoms with van der Waals surface area (Å²) in [5, 5.41) is 2.46. The summed E-state index contributed by atoms with van der Waals surface area (Å²) in [6.45, 7) is 0. The summed E-state index contributed by atoms with van der Waals surface area (Å²) in [6.07, 6.45) is 3.33. The predicted molar refractivity (Wildman–Crippen MR) is 254 cm³/mol. The molecule has 10 aromatic rings. The number of fused-ring (bicyclic) bond motifs is 7. The first-order chi connectivity index (χ1) is 30.3. The Morgan fingerprint density at radius 3 is 1.66 bits per heavy atom. The molecule has 0 fully saturated rings. The Morgan fingerprint density at radius 2 is 0.967 bits per heavy atom. The van der Waals surface area contributed by atoms with E-state index in [0.717, 1.165) is 12.1 Å². The quantitative estimate of drug-likeness (QED) is 0.156. The van der Waals surface area contributed by atoms with Gasteiger partial charge in [-0.25, -0.2) is 0 Å². The third kappa shape index (κ3) is 5.42. The van der Waals surface area contributed by atoms with E-state index in [1.54, 1.807) is 0 Å². The van der Waals surface area contributed by atoms with E-state index < -0.39 is 5.41 Å². The van der Waals surface area contributed by atoms with Gasteiger partial charge >= 0.3 is 0 Å². The number of hydrogen-bond donors (Lipinski definition) is 0. The average molecular weight is 779 g/mol. The van der Waals surface area contributed by atoms with Crippen LogP contribution in [0.25, 0.3) is 44.2 Å². The number of para-hydroxylation sites is 2. The second kappa shape index (κ2) is 14.3. The van der Waals surface area contributed by atoms with Crippen LogP contribution in [0.2, 0.25) is 0 Å². The standard InChI is InChI=1S/C59H42N2/c1-5-19-41(20-6-1)47-35-38-56(51-30-14-13-27-48(47)51)60(44-23-9-3-10-24-44)46-34-37-58-53(40-46)52-39-43(33-36-57(52)61(58)45-25-11-4-12-26-45)59(42-21-7-2-8-22-42)54-31-17-15-28-49(54)50-29-16-18-32-55(50)59/h1-37,39-40,56H,38H2. The van der Waals surface area contributed by atoms with Crippen LogP contribution in [0.15, 0.2) is 237 Å². The van der Waals surface area contributed by atoms with Crippen LogP contribution in [0.1, 0.15) is 51.4 Å². The van der Waals surface area contributed by atoms with Gasteiger partial charge in [-0.3, -0.25) is 0 Å². The van der Waals surface area contributed by atoms with Gasteiger partial charge in [0.25, 0.3) is 0 Å². The zero-order chi connectivity index (χ0) is 40.3. The van der Waals surface area contributed by atoms with Crippen molar-refractivity contribution in [3.63, 3.8) is 0 Å². The molecule has 0 bridgehead atoms. The molecule has 288 valence electrons. The number of anilines is 2. The van der Waals surface area contributed by atoms with Gasteiger partial charge < -0.3 is 9.47 Å². The summed E-state index contributed by atoms with van der Waals surface area (Å²) >= 11 is 0. The minimum absolute atomic E-state index is 0.0920.